The number of nitrogens with zero attached hydrogens (tertiary/aromatic N) is 1. The average molecular weight is 311 g/mol. The maximum absolute atomic E-state index is 12.4. The Balaban J connectivity index is 2.32. The molecule has 0 spiro atoms. The number of hydrogen-bond acceptors (Lipinski definition) is 5. The van der Waals surface area contributed by atoms with E-state index in [-0.39, 0.29) is 17.1 Å². The van der Waals surface area contributed by atoms with Gasteiger partial charge in [-0.1, -0.05) is 6.07 Å². The molecule has 0 unspecified atom stereocenters. The summed E-state index contributed by atoms with van der Waals surface area (Å²) in [5.74, 6) is 0. The maximum Gasteiger partial charge on any atom is 0.243 e. The molecule has 2 rings (SSSR count). The van der Waals surface area contributed by atoms with E-state index < -0.39 is 10.0 Å². The molecule has 0 amide bonds. The molecule has 0 saturated heterocycles. The molecule has 3 N–H and O–H groups in total. The van der Waals surface area contributed by atoms with Gasteiger partial charge in [-0.2, -0.15) is 0 Å². The Bertz CT molecular complexity index is 736. The van der Waals surface area contributed by atoms with E-state index >= 15 is 0 Å². The number of anilines is 1. The number of rotatable bonds is 4. The lowest BCUT2D eigenvalue weighted by Gasteiger charge is -2.13. The number of aryl methyl sites for hydroxylation is 2. The zero-order valence-corrected chi connectivity index (χ0v) is 13.2. The van der Waals surface area contributed by atoms with Gasteiger partial charge in [0.15, 0.2) is 0 Å². The zero-order valence-electron chi connectivity index (χ0n) is 11.6. The number of thiazole rings is 1. The van der Waals surface area contributed by atoms with Crippen LogP contribution in [-0.4, -0.2) is 13.4 Å². The minimum absolute atomic E-state index is 0.166. The van der Waals surface area contributed by atoms with Gasteiger partial charge in [0.05, 0.1) is 16.9 Å². The van der Waals surface area contributed by atoms with Crippen LogP contribution in [0.15, 0.2) is 22.5 Å². The Morgan fingerprint density at radius 1 is 1.30 bits per heavy atom. The molecule has 0 aliphatic carbocycles. The molecule has 0 aliphatic rings. The SMILES string of the molecule is Cc1ccc(N)c(S(=O)(=O)NCc2scnc2C)c1C. The molecule has 108 valence electrons. The Kier molecular flexibility index (Phi) is 4.12. The monoisotopic (exact) mass is 311 g/mol. The minimum atomic E-state index is -3.63. The summed E-state index contributed by atoms with van der Waals surface area (Å²) in [5, 5.41) is 0. The molecule has 1 aromatic heterocycles. The van der Waals surface area contributed by atoms with Gasteiger partial charge in [-0.05, 0) is 38.0 Å². The van der Waals surface area contributed by atoms with Crippen molar-refractivity contribution in [3.63, 3.8) is 0 Å². The molecule has 5 nitrogen and oxygen atoms in total. The summed E-state index contributed by atoms with van der Waals surface area (Å²) >= 11 is 1.43. The first kappa shape index (κ1) is 15.0. The van der Waals surface area contributed by atoms with Crippen LogP contribution in [0.3, 0.4) is 0 Å². The predicted octanol–water partition coefficient (Wildman–Crippen LogP) is 2.13. The van der Waals surface area contributed by atoms with E-state index in [2.05, 4.69) is 9.71 Å². The van der Waals surface area contributed by atoms with Crippen molar-refractivity contribution in [1.82, 2.24) is 9.71 Å². The lowest BCUT2D eigenvalue weighted by atomic mass is 10.1. The molecule has 0 radical (unpaired) electrons. The molecule has 20 heavy (non-hydrogen) atoms. The number of hydrogen-bond donors (Lipinski definition) is 2. The second-order valence-electron chi connectivity index (χ2n) is 4.61. The van der Waals surface area contributed by atoms with Crippen molar-refractivity contribution in [3.8, 4) is 0 Å². The van der Waals surface area contributed by atoms with Crippen LogP contribution in [0.1, 0.15) is 21.7 Å². The summed E-state index contributed by atoms with van der Waals surface area (Å²) in [7, 11) is -3.63. The summed E-state index contributed by atoms with van der Waals surface area (Å²) in [5.41, 5.74) is 10.2. The first-order valence-corrected chi connectivity index (χ1v) is 8.43. The highest BCUT2D eigenvalue weighted by molar-refractivity contribution is 7.89. The van der Waals surface area contributed by atoms with Crippen LogP contribution in [-0.2, 0) is 16.6 Å². The molecule has 0 saturated carbocycles. The van der Waals surface area contributed by atoms with Crippen LogP contribution in [0, 0.1) is 20.8 Å². The molecule has 1 aromatic carbocycles. The number of aromatic nitrogens is 1. The van der Waals surface area contributed by atoms with Crippen molar-refractivity contribution < 1.29 is 8.42 Å². The van der Waals surface area contributed by atoms with Crippen LogP contribution in [0.2, 0.25) is 0 Å². The second-order valence-corrected chi connectivity index (χ2v) is 7.25. The molecule has 7 heteroatoms. The predicted molar refractivity (Wildman–Crippen MR) is 81.2 cm³/mol. The highest BCUT2D eigenvalue weighted by Gasteiger charge is 2.21. The number of nitrogen functional groups attached to an aromatic ring is 1. The van der Waals surface area contributed by atoms with Crippen LogP contribution >= 0.6 is 11.3 Å². The Hall–Kier alpha value is -1.44. The number of benzene rings is 1. The van der Waals surface area contributed by atoms with Gasteiger partial charge in [0.1, 0.15) is 4.90 Å². The number of sulfonamides is 1. The largest absolute Gasteiger partial charge is 0.398 e. The molecular weight excluding hydrogens is 294 g/mol. The second kappa shape index (κ2) is 5.51. The van der Waals surface area contributed by atoms with Crippen molar-refractivity contribution in [2.75, 3.05) is 5.73 Å². The number of nitrogens with one attached hydrogen (secondary N) is 1. The van der Waals surface area contributed by atoms with Crippen molar-refractivity contribution in [2.24, 2.45) is 0 Å². The van der Waals surface area contributed by atoms with Gasteiger partial charge >= 0.3 is 0 Å². The van der Waals surface area contributed by atoms with E-state index in [1.54, 1.807) is 18.5 Å². The van der Waals surface area contributed by atoms with Crippen molar-refractivity contribution in [2.45, 2.75) is 32.2 Å². The maximum atomic E-state index is 12.4. The molecular formula is C13H17N3O2S2. The van der Waals surface area contributed by atoms with Crippen molar-refractivity contribution >= 4 is 27.0 Å². The molecule has 1 heterocycles. The minimum Gasteiger partial charge on any atom is -0.398 e. The molecule has 2 aromatic rings. The fraction of sp³-hybridized carbons (Fsp3) is 0.308. The number of nitrogens with two attached hydrogens (primary N) is 1. The van der Waals surface area contributed by atoms with E-state index in [0.29, 0.717) is 5.56 Å². The van der Waals surface area contributed by atoms with Crippen LogP contribution < -0.4 is 10.5 Å². The Labute approximate surface area is 122 Å². The first-order valence-electron chi connectivity index (χ1n) is 6.07. The van der Waals surface area contributed by atoms with Gasteiger partial charge in [-0.3, -0.25) is 0 Å². The average Bonchev–Trinajstić information content (AvgIpc) is 2.77. The third-order valence-electron chi connectivity index (χ3n) is 3.24. The van der Waals surface area contributed by atoms with Gasteiger partial charge in [0, 0.05) is 11.4 Å². The lowest BCUT2D eigenvalue weighted by Crippen LogP contribution is -2.25. The van der Waals surface area contributed by atoms with Crippen molar-refractivity contribution in [1.29, 1.82) is 0 Å². The standard InChI is InChI=1S/C13H17N3O2S2/c1-8-4-5-11(14)13(9(8)2)20(17,18)16-6-12-10(3)15-7-19-12/h4-5,7,16H,6,14H2,1-3H3. The van der Waals surface area contributed by atoms with Gasteiger partial charge in [0.2, 0.25) is 10.0 Å². The van der Waals surface area contributed by atoms with E-state index in [1.807, 2.05) is 19.9 Å². The molecule has 0 aliphatic heterocycles. The Morgan fingerprint density at radius 2 is 2.00 bits per heavy atom. The summed E-state index contributed by atoms with van der Waals surface area (Å²) in [6.07, 6.45) is 0. The van der Waals surface area contributed by atoms with E-state index in [4.69, 9.17) is 5.73 Å². The third kappa shape index (κ3) is 2.84. The lowest BCUT2D eigenvalue weighted by molar-refractivity contribution is 0.581. The fourth-order valence-electron chi connectivity index (χ4n) is 1.90. The van der Waals surface area contributed by atoms with E-state index in [1.165, 1.54) is 11.3 Å². The van der Waals surface area contributed by atoms with Gasteiger partial charge < -0.3 is 5.73 Å². The smallest absolute Gasteiger partial charge is 0.243 e. The zero-order chi connectivity index (χ0) is 14.9. The van der Waals surface area contributed by atoms with Gasteiger partial charge in [0.25, 0.3) is 0 Å². The molecule has 0 fully saturated rings. The van der Waals surface area contributed by atoms with Crippen LogP contribution in [0.25, 0.3) is 0 Å². The fourth-order valence-corrected chi connectivity index (χ4v) is 4.13. The van der Waals surface area contributed by atoms with Crippen LogP contribution in [0.4, 0.5) is 5.69 Å². The Morgan fingerprint density at radius 3 is 2.60 bits per heavy atom. The van der Waals surface area contributed by atoms with Gasteiger partial charge in [-0.15, -0.1) is 11.3 Å². The molecule has 0 bridgehead atoms. The first-order chi connectivity index (χ1) is 9.33. The summed E-state index contributed by atoms with van der Waals surface area (Å²) in [6.45, 7) is 5.71. The highest BCUT2D eigenvalue weighted by Crippen LogP contribution is 2.25. The summed E-state index contributed by atoms with van der Waals surface area (Å²) in [4.78, 5) is 5.17. The summed E-state index contributed by atoms with van der Waals surface area (Å²) < 4.78 is 27.4. The van der Waals surface area contributed by atoms with E-state index in [0.717, 1.165) is 16.1 Å². The van der Waals surface area contributed by atoms with Crippen LogP contribution in [0.5, 0.6) is 0 Å². The van der Waals surface area contributed by atoms with E-state index in [9.17, 15) is 8.42 Å². The van der Waals surface area contributed by atoms with Crippen molar-refractivity contribution in [3.05, 3.63) is 39.3 Å². The molecule has 0 atom stereocenters. The van der Waals surface area contributed by atoms with Gasteiger partial charge in [-0.25, -0.2) is 18.1 Å². The summed E-state index contributed by atoms with van der Waals surface area (Å²) in [6, 6.07) is 3.44. The topological polar surface area (TPSA) is 85.1 Å². The third-order valence-corrected chi connectivity index (χ3v) is 5.78. The quantitative estimate of drug-likeness (QED) is 0.847. The highest BCUT2D eigenvalue weighted by atomic mass is 32.2. The normalized spacial score (nSPS) is 11.8.